The smallest absolute Gasteiger partial charge is 0.192 e. The third kappa shape index (κ3) is 1.31. The summed E-state index contributed by atoms with van der Waals surface area (Å²) in [6, 6.07) is 0. The minimum Gasteiger partial charge on any atom is -0.394 e. The fourth-order valence-electron chi connectivity index (χ4n) is 0.711. The molecule has 0 aromatic rings. The van der Waals surface area contributed by atoms with E-state index in [-0.39, 0.29) is 12.7 Å². The van der Waals surface area contributed by atoms with E-state index in [1.807, 2.05) is 0 Å². The Hall–Kier alpha value is 0.150. The maximum Gasteiger partial charge on any atom is 0.192 e. The molecule has 2 atom stereocenters. The van der Waals surface area contributed by atoms with Gasteiger partial charge in [-0.25, -0.2) is 0 Å². The molecule has 1 saturated heterocycles. The van der Waals surface area contributed by atoms with Gasteiger partial charge in [-0.2, -0.15) is 0 Å². The van der Waals surface area contributed by atoms with Crippen LogP contribution in [0.15, 0.2) is 0 Å². The van der Waals surface area contributed by atoms with Crippen LogP contribution < -0.4 is 0 Å². The molecule has 4 heteroatoms. The lowest BCUT2D eigenvalue weighted by Gasteiger charge is -1.99. The summed E-state index contributed by atoms with van der Waals surface area (Å²) < 4.78 is 15.3. The summed E-state index contributed by atoms with van der Waals surface area (Å²) in [5, 5.41) is 8.44. The first-order valence-electron chi connectivity index (χ1n) is 2.63. The van der Waals surface area contributed by atoms with E-state index in [1.54, 1.807) is 0 Å². The van der Waals surface area contributed by atoms with Crippen LogP contribution in [0.5, 0.6) is 0 Å². The molecule has 0 saturated carbocycles. The Morgan fingerprint density at radius 1 is 1.88 bits per heavy atom. The lowest BCUT2D eigenvalue weighted by atomic mass is 10.3. The Morgan fingerprint density at radius 3 is 2.88 bits per heavy atom. The van der Waals surface area contributed by atoms with E-state index in [9.17, 15) is 4.57 Å². The highest BCUT2D eigenvalue weighted by atomic mass is 31.1. The lowest BCUT2D eigenvalue weighted by molar-refractivity contribution is 0.138. The molecule has 0 aliphatic carbocycles. The number of hydrogen-bond acceptors (Lipinski definition) is 3. The average molecular weight is 136 g/mol. The summed E-state index contributed by atoms with van der Waals surface area (Å²) in [7, 11) is -1.73. The Kier molecular flexibility index (Phi) is 2.06. The number of rotatable bonds is 1. The molecule has 1 N–H and O–H groups in total. The molecule has 0 bridgehead atoms. The molecule has 0 amide bonds. The van der Waals surface area contributed by atoms with Gasteiger partial charge in [0.2, 0.25) is 0 Å². The molecular weight excluding hydrogens is 127 g/mol. The van der Waals surface area contributed by atoms with Gasteiger partial charge in [-0.05, 0) is 6.42 Å². The van der Waals surface area contributed by atoms with Gasteiger partial charge in [-0.15, -0.1) is 0 Å². The van der Waals surface area contributed by atoms with E-state index in [4.69, 9.17) is 9.63 Å². The molecule has 1 aliphatic rings. The lowest BCUT2D eigenvalue weighted by Crippen LogP contribution is -2.08. The Bertz CT molecular complexity index is 103. The predicted octanol–water partition coefficient (Wildman–Crippen LogP) is 0.242. The quantitative estimate of drug-likeness (QED) is 0.525. The Morgan fingerprint density at radius 2 is 2.62 bits per heavy atom. The van der Waals surface area contributed by atoms with Crippen molar-refractivity contribution >= 4 is 8.03 Å². The van der Waals surface area contributed by atoms with E-state index in [0.717, 1.165) is 6.42 Å². The molecule has 0 radical (unpaired) electrons. The second kappa shape index (κ2) is 2.62. The second-order valence-corrected chi connectivity index (χ2v) is 3.31. The molecule has 1 fully saturated rings. The standard InChI is InChI=1S/C4H9O3P/c5-3-4-1-2-8(6)7-4/h4-5,8H,1-3H2. The summed E-state index contributed by atoms with van der Waals surface area (Å²) >= 11 is 0. The highest BCUT2D eigenvalue weighted by Crippen LogP contribution is 2.34. The summed E-state index contributed by atoms with van der Waals surface area (Å²) in [5.41, 5.74) is 0. The first-order valence-corrected chi connectivity index (χ1v) is 4.15. The highest BCUT2D eigenvalue weighted by molar-refractivity contribution is 7.39. The molecule has 0 aromatic carbocycles. The van der Waals surface area contributed by atoms with Gasteiger partial charge >= 0.3 is 0 Å². The van der Waals surface area contributed by atoms with Crippen molar-refractivity contribution in [3.8, 4) is 0 Å². The van der Waals surface area contributed by atoms with E-state index in [2.05, 4.69) is 0 Å². The third-order valence-electron chi connectivity index (χ3n) is 1.17. The van der Waals surface area contributed by atoms with Crippen LogP contribution >= 0.6 is 8.03 Å². The van der Waals surface area contributed by atoms with Crippen LogP contribution in [0.3, 0.4) is 0 Å². The Balaban J connectivity index is 2.32. The van der Waals surface area contributed by atoms with Crippen LogP contribution in [0.1, 0.15) is 6.42 Å². The monoisotopic (exact) mass is 136 g/mol. The summed E-state index contributed by atoms with van der Waals surface area (Å²) in [6.45, 7) is 0.0103. The van der Waals surface area contributed by atoms with Crippen molar-refractivity contribution < 1.29 is 14.2 Å². The van der Waals surface area contributed by atoms with E-state index < -0.39 is 8.03 Å². The van der Waals surface area contributed by atoms with Gasteiger partial charge in [0.1, 0.15) is 0 Å². The van der Waals surface area contributed by atoms with Crippen LogP contribution in [0.2, 0.25) is 0 Å². The molecule has 0 spiro atoms. The number of aliphatic hydroxyl groups is 1. The largest absolute Gasteiger partial charge is 0.394 e. The van der Waals surface area contributed by atoms with Crippen LogP contribution in [-0.2, 0) is 9.09 Å². The SMILES string of the molecule is O=[PH]1CCC(CO)O1. The molecule has 1 aliphatic heterocycles. The summed E-state index contributed by atoms with van der Waals surface area (Å²) in [5.74, 6) is 0. The van der Waals surface area contributed by atoms with Crippen molar-refractivity contribution in [3.63, 3.8) is 0 Å². The van der Waals surface area contributed by atoms with Crippen molar-refractivity contribution in [2.24, 2.45) is 0 Å². The van der Waals surface area contributed by atoms with Crippen LogP contribution in [0.4, 0.5) is 0 Å². The Labute approximate surface area is 48.5 Å². The predicted molar refractivity (Wildman–Crippen MR) is 30.4 cm³/mol. The summed E-state index contributed by atoms with van der Waals surface area (Å²) in [4.78, 5) is 0. The number of hydrogen-bond donors (Lipinski definition) is 1. The van der Waals surface area contributed by atoms with Crippen LogP contribution in [0, 0.1) is 0 Å². The van der Waals surface area contributed by atoms with E-state index in [1.165, 1.54) is 0 Å². The fourth-order valence-corrected chi connectivity index (χ4v) is 1.95. The first kappa shape index (κ1) is 6.27. The van der Waals surface area contributed by atoms with Gasteiger partial charge in [0.15, 0.2) is 8.03 Å². The minimum absolute atomic E-state index is 0.0103. The number of aliphatic hydroxyl groups excluding tert-OH is 1. The zero-order valence-electron chi connectivity index (χ0n) is 4.46. The van der Waals surface area contributed by atoms with Gasteiger partial charge < -0.3 is 9.63 Å². The molecular formula is C4H9O3P. The average Bonchev–Trinajstić information content (AvgIpc) is 2.14. The fraction of sp³-hybridized carbons (Fsp3) is 1.00. The maximum atomic E-state index is 10.5. The normalized spacial score (nSPS) is 38.1. The van der Waals surface area contributed by atoms with E-state index in [0.29, 0.717) is 6.16 Å². The van der Waals surface area contributed by atoms with Crippen molar-refractivity contribution in [3.05, 3.63) is 0 Å². The minimum atomic E-state index is -1.73. The zero-order valence-corrected chi connectivity index (χ0v) is 5.46. The van der Waals surface area contributed by atoms with Crippen molar-refractivity contribution in [1.29, 1.82) is 0 Å². The van der Waals surface area contributed by atoms with Crippen molar-refractivity contribution in [1.82, 2.24) is 0 Å². The van der Waals surface area contributed by atoms with Crippen LogP contribution in [0.25, 0.3) is 0 Å². The molecule has 2 unspecified atom stereocenters. The van der Waals surface area contributed by atoms with Gasteiger partial charge in [0.25, 0.3) is 0 Å². The molecule has 1 heterocycles. The van der Waals surface area contributed by atoms with E-state index >= 15 is 0 Å². The van der Waals surface area contributed by atoms with Crippen molar-refractivity contribution in [2.45, 2.75) is 12.5 Å². The van der Waals surface area contributed by atoms with Gasteiger partial charge in [-0.1, -0.05) is 0 Å². The molecule has 1 rings (SSSR count). The highest BCUT2D eigenvalue weighted by Gasteiger charge is 2.19. The maximum absolute atomic E-state index is 10.5. The molecule has 48 valence electrons. The van der Waals surface area contributed by atoms with Gasteiger partial charge in [0, 0.05) is 6.16 Å². The molecule has 8 heavy (non-hydrogen) atoms. The first-order chi connectivity index (χ1) is 3.83. The third-order valence-corrected chi connectivity index (χ3v) is 2.47. The second-order valence-electron chi connectivity index (χ2n) is 1.83. The molecule has 0 aromatic heterocycles. The molecule has 3 nitrogen and oxygen atoms in total. The summed E-state index contributed by atoms with van der Waals surface area (Å²) in [6.07, 6.45) is 1.27. The van der Waals surface area contributed by atoms with Crippen LogP contribution in [-0.4, -0.2) is 24.0 Å². The van der Waals surface area contributed by atoms with Crippen molar-refractivity contribution in [2.75, 3.05) is 12.8 Å². The van der Waals surface area contributed by atoms with Gasteiger partial charge in [-0.3, -0.25) is 4.57 Å². The zero-order chi connectivity index (χ0) is 5.98. The topological polar surface area (TPSA) is 46.5 Å². The van der Waals surface area contributed by atoms with Gasteiger partial charge in [0.05, 0.1) is 12.7 Å².